The Kier molecular flexibility index (Phi) is 5.42. The quantitative estimate of drug-likeness (QED) is 0.814. The molecule has 0 aliphatic carbocycles. The third-order valence-electron chi connectivity index (χ3n) is 4.50. The van der Waals surface area contributed by atoms with E-state index in [2.05, 4.69) is 5.32 Å². The zero-order chi connectivity index (χ0) is 20.6. The number of aromatic nitrogens is 1. The van der Waals surface area contributed by atoms with Crippen molar-refractivity contribution in [2.24, 2.45) is 5.92 Å². The maximum absolute atomic E-state index is 13.3. The molecule has 28 heavy (non-hydrogen) atoms. The van der Waals surface area contributed by atoms with Gasteiger partial charge in [-0.15, -0.1) is 0 Å². The molecule has 0 radical (unpaired) electrons. The van der Waals surface area contributed by atoms with Crippen molar-refractivity contribution in [2.45, 2.75) is 26.9 Å². The predicted octanol–water partition coefficient (Wildman–Crippen LogP) is 2.60. The van der Waals surface area contributed by atoms with Crippen molar-refractivity contribution in [3.63, 3.8) is 0 Å². The van der Waals surface area contributed by atoms with Crippen LogP contribution in [0.1, 0.15) is 29.9 Å². The van der Waals surface area contributed by atoms with Crippen LogP contribution in [0.3, 0.4) is 0 Å². The zero-order valence-electron chi connectivity index (χ0n) is 15.3. The number of fused-ring (bicyclic) bond motifs is 1. The number of rotatable bonds is 4. The number of anilines is 1. The van der Waals surface area contributed by atoms with Gasteiger partial charge in [0.05, 0.1) is 5.02 Å². The highest BCUT2D eigenvalue weighted by Crippen LogP contribution is 2.24. The lowest BCUT2D eigenvalue weighted by Gasteiger charge is -2.30. The molecular weight excluding hydrogens is 389 g/mol. The Labute approximate surface area is 165 Å². The molecule has 0 unspecified atom stereocenters. The second-order valence-electron chi connectivity index (χ2n) is 6.88. The second kappa shape index (κ2) is 7.63. The van der Waals surface area contributed by atoms with Crippen molar-refractivity contribution in [1.82, 2.24) is 9.47 Å². The lowest BCUT2D eigenvalue weighted by molar-refractivity contribution is -0.118. The minimum absolute atomic E-state index is 0.0491. The third-order valence-corrected chi connectivity index (χ3v) is 4.79. The third kappa shape index (κ3) is 3.73. The van der Waals surface area contributed by atoms with Crippen molar-refractivity contribution in [3.8, 4) is 5.75 Å². The van der Waals surface area contributed by atoms with Crippen LogP contribution in [0, 0.1) is 11.7 Å². The van der Waals surface area contributed by atoms with Crippen LogP contribution in [-0.2, 0) is 17.9 Å². The van der Waals surface area contributed by atoms with Crippen LogP contribution < -0.4 is 10.7 Å². The van der Waals surface area contributed by atoms with Crippen LogP contribution in [0.5, 0.6) is 5.75 Å². The Morgan fingerprint density at radius 1 is 1.32 bits per heavy atom. The molecule has 9 heteroatoms. The number of carbonyl (C=O) groups excluding carboxylic acids is 2. The molecule has 0 spiro atoms. The SMILES string of the molecule is CC(C)C(=O)Nc1cn2c(c(O)c1=O)C(=O)N(Cc1ccc(F)c(Cl)c1)CC2. The standard InChI is InChI=1S/C19H19ClFN3O4/c1-10(2)18(27)22-14-9-23-5-6-24(19(28)15(23)17(26)16(14)25)8-11-3-4-13(21)12(20)7-11/h3-4,7,9-10,26H,5-6,8H2,1-2H3,(H,22,27). The highest BCUT2D eigenvalue weighted by atomic mass is 35.5. The Morgan fingerprint density at radius 3 is 2.68 bits per heavy atom. The summed E-state index contributed by atoms with van der Waals surface area (Å²) in [6.07, 6.45) is 1.36. The lowest BCUT2D eigenvalue weighted by Crippen LogP contribution is -2.41. The lowest BCUT2D eigenvalue weighted by atomic mass is 10.1. The predicted molar refractivity (Wildman–Crippen MR) is 102 cm³/mol. The van der Waals surface area contributed by atoms with Crippen molar-refractivity contribution in [1.29, 1.82) is 0 Å². The second-order valence-corrected chi connectivity index (χ2v) is 7.29. The fraction of sp³-hybridized carbons (Fsp3) is 0.316. The van der Waals surface area contributed by atoms with E-state index >= 15 is 0 Å². The van der Waals surface area contributed by atoms with Crippen LogP contribution in [0.15, 0.2) is 29.2 Å². The molecule has 0 atom stereocenters. The van der Waals surface area contributed by atoms with Gasteiger partial charge in [0.2, 0.25) is 11.3 Å². The molecule has 0 saturated heterocycles. The molecule has 2 heterocycles. The van der Waals surface area contributed by atoms with E-state index in [0.29, 0.717) is 18.7 Å². The number of nitrogens with zero attached hydrogens (tertiary/aromatic N) is 2. The maximum atomic E-state index is 13.3. The molecular formula is C19H19ClFN3O4. The monoisotopic (exact) mass is 407 g/mol. The van der Waals surface area contributed by atoms with Gasteiger partial charge in [-0.05, 0) is 17.7 Å². The van der Waals surface area contributed by atoms with Gasteiger partial charge in [-0.3, -0.25) is 14.4 Å². The minimum Gasteiger partial charge on any atom is -0.502 e. The van der Waals surface area contributed by atoms with Gasteiger partial charge in [-0.1, -0.05) is 31.5 Å². The van der Waals surface area contributed by atoms with Crippen LogP contribution in [-0.4, -0.2) is 32.9 Å². The summed E-state index contributed by atoms with van der Waals surface area (Å²) in [6, 6.07) is 4.16. The van der Waals surface area contributed by atoms with Gasteiger partial charge < -0.3 is 19.9 Å². The molecule has 2 N–H and O–H groups in total. The largest absolute Gasteiger partial charge is 0.502 e. The summed E-state index contributed by atoms with van der Waals surface area (Å²) < 4.78 is 14.8. The van der Waals surface area contributed by atoms with Crippen LogP contribution in [0.2, 0.25) is 5.02 Å². The average Bonchev–Trinajstić information content (AvgIpc) is 2.64. The summed E-state index contributed by atoms with van der Waals surface area (Å²) in [4.78, 5) is 38.5. The van der Waals surface area contributed by atoms with Gasteiger partial charge in [0.15, 0.2) is 11.4 Å². The first-order valence-electron chi connectivity index (χ1n) is 8.69. The highest BCUT2D eigenvalue weighted by molar-refractivity contribution is 6.30. The van der Waals surface area contributed by atoms with Gasteiger partial charge in [-0.2, -0.15) is 0 Å². The smallest absolute Gasteiger partial charge is 0.274 e. The molecule has 1 aromatic carbocycles. The number of hydrogen-bond donors (Lipinski definition) is 2. The molecule has 1 aliphatic rings. The summed E-state index contributed by atoms with van der Waals surface area (Å²) in [5, 5.41) is 12.7. The van der Waals surface area contributed by atoms with Gasteiger partial charge >= 0.3 is 0 Å². The molecule has 1 aliphatic heterocycles. The molecule has 0 saturated carbocycles. The van der Waals surface area contributed by atoms with Crippen LogP contribution in [0.4, 0.5) is 10.1 Å². The number of amides is 2. The number of aromatic hydroxyl groups is 1. The van der Waals surface area contributed by atoms with E-state index in [1.54, 1.807) is 13.8 Å². The number of hydrogen-bond acceptors (Lipinski definition) is 4. The molecule has 148 valence electrons. The van der Waals surface area contributed by atoms with Crippen LogP contribution >= 0.6 is 11.6 Å². The van der Waals surface area contributed by atoms with E-state index in [0.717, 1.165) is 0 Å². The number of halogens is 2. The molecule has 0 bridgehead atoms. The first-order valence-corrected chi connectivity index (χ1v) is 9.07. The number of pyridine rings is 1. The number of nitrogens with one attached hydrogen (secondary N) is 1. The molecule has 0 fully saturated rings. The fourth-order valence-corrected chi connectivity index (χ4v) is 3.11. The molecule has 1 aromatic heterocycles. The summed E-state index contributed by atoms with van der Waals surface area (Å²) in [5.74, 6) is -2.52. The van der Waals surface area contributed by atoms with Gasteiger partial charge in [0, 0.05) is 31.7 Å². The van der Waals surface area contributed by atoms with Gasteiger partial charge in [-0.25, -0.2) is 4.39 Å². The van der Waals surface area contributed by atoms with Gasteiger partial charge in [0.1, 0.15) is 11.5 Å². The Hall–Kier alpha value is -2.87. The maximum Gasteiger partial charge on any atom is 0.274 e. The van der Waals surface area contributed by atoms with Crippen molar-refractivity contribution in [3.05, 3.63) is 56.7 Å². The first kappa shape index (κ1) is 19.9. The first-order chi connectivity index (χ1) is 13.2. The van der Waals surface area contributed by atoms with Crippen molar-refractivity contribution in [2.75, 3.05) is 11.9 Å². The van der Waals surface area contributed by atoms with Gasteiger partial charge in [0.25, 0.3) is 5.91 Å². The topological polar surface area (TPSA) is 91.6 Å². The molecule has 7 nitrogen and oxygen atoms in total. The van der Waals surface area contributed by atoms with E-state index in [9.17, 15) is 23.9 Å². The average molecular weight is 408 g/mol. The van der Waals surface area contributed by atoms with E-state index in [1.165, 1.54) is 33.9 Å². The Bertz CT molecular complexity index is 1020. The summed E-state index contributed by atoms with van der Waals surface area (Å²) in [7, 11) is 0. The molecule has 3 rings (SSSR count). The van der Waals surface area contributed by atoms with Crippen molar-refractivity contribution >= 4 is 29.1 Å². The van der Waals surface area contributed by atoms with E-state index in [4.69, 9.17) is 11.6 Å². The Morgan fingerprint density at radius 2 is 2.04 bits per heavy atom. The number of benzene rings is 1. The fourth-order valence-electron chi connectivity index (χ4n) is 2.91. The normalized spacial score (nSPS) is 13.6. The van der Waals surface area contributed by atoms with E-state index in [-0.39, 0.29) is 34.8 Å². The highest BCUT2D eigenvalue weighted by Gasteiger charge is 2.30. The summed E-state index contributed by atoms with van der Waals surface area (Å²) in [6.45, 7) is 4.12. The minimum atomic E-state index is -0.819. The van der Waals surface area contributed by atoms with E-state index < -0.39 is 22.9 Å². The summed E-state index contributed by atoms with van der Waals surface area (Å²) >= 11 is 5.78. The molecule has 2 amide bonds. The zero-order valence-corrected chi connectivity index (χ0v) is 16.1. The van der Waals surface area contributed by atoms with Crippen molar-refractivity contribution < 1.29 is 19.1 Å². The molecule has 2 aromatic rings. The Balaban J connectivity index is 1.90. The van der Waals surface area contributed by atoms with Crippen LogP contribution in [0.25, 0.3) is 0 Å². The summed E-state index contributed by atoms with van der Waals surface area (Å²) in [5.41, 5.74) is -0.422. The van der Waals surface area contributed by atoms with E-state index in [1.807, 2.05) is 0 Å². The number of carbonyl (C=O) groups is 2.